The van der Waals surface area contributed by atoms with Crippen molar-refractivity contribution in [3.63, 3.8) is 0 Å². The maximum absolute atomic E-state index is 11.1. The smallest absolute Gasteiger partial charge is 0.265 e. The van der Waals surface area contributed by atoms with Gasteiger partial charge >= 0.3 is 0 Å². The fourth-order valence-corrected chi connectivity index (χ4v) is 1.89. The first kappa shape index (κ1) is 14.5. The number of rotatable bonds is 1. The molecule has 0 unspecified atom stereocenters. The lowest BCUT2D eigenvalue weighted by Gasteiger charge is -1.95. The first-order valence-electron chi connectivity index (χ1n) is 6.20. The standard InChI is InChI=1S/C9H6O2.C6H7N3O/c10-8-5-9(11)7-4-2-1-3-6(7)8;7-9-6(10)5-1-3-8-4-2-5/h1-4H,5H2;1-4H,7H2,(H,9,10). The second kappa shape index (κ2) is 6.53. The van der Waals surface area contributed by atoms with E-state index >= 15 is 0 Å². The summed E-state index contributed by atoms with van der Waals surface area (Å²) in [6.07, 6.45) is 3.12. The monoisotopic (exact) mass is 283 g/mol. The summed E-state index contributed by atoms with van der Waals surface area (Å²) < 4.78 is 0. The third-order valence-corrected chi connectivity index (χ3v) is 2.92. The van der Waals surface area contributed by atoms with Crippen LogP contribution in [-0.2, 0) is 0 Å². The van der Waals surface area contributed by atoms with Crippen molar-refractivity contribution in [1.29, 1.82) is 0 Å². The van der Waals surface area contributed by atoms with E-state index in [1.165, 1.54) is 12.4 Å². The van der Waals surface area contributed by atoms with Gasteiger partial charge in [0, 0.05) is 29.1 Å². The van der Waals surface area contributed by atoms with Crippen LogP contribution in [0.25, 0.3) is 0 Å². The van der Waals surface area contributed by atoms with Crippen molar-refractivity contribution in [2.24, 2.45) is 5.84 Å². The third kappa shape index (κ3) is 3.37. The van der Waals surface area contributed by atoms with Crippen LogP contribution in [0.4, 0.5) is 0 Å². The van der Waals surface area contributed by atoms with E-state index in [-0.39, 0.29) is 23.9 Å². The van der Waals surface area contributed by atoms with Crippen LogP contribution in [0.5, 0.6) is 0 Å². The van der Waals surface area contributed by atoms with E-state index in [0.29, 0.717) is 16.7 Å². The molecular formula is C15H13N3O3. The molecule has 21 heavy (non-hydrogen) atoms. The van der Waals surface area contributed by atoms with Gasteiger partial charge in [0.2, 0.25) is 0 Å². The highest BCUT2D eigenvalue weighted by molar-refractivity contribution is 6.24. The molecule has 1 aromatic heterocycles. The average Bonchev–Trinajstić information content (AvgIpc) is 2.83. The summed E-state index contributed by atoms with van der Waals surface area (Å²) >= 11 is 0. The van der Waals surface area contributed by atoms with Crippen LogP contribution >= 0.6 is 0 Å². The highest BCUT2D eigenvalue weighted by Gasteiger charge is 2.25. The number of Topliss-reactive ketones (excluding diaryl/α,β-unsaturated/α-hetero) is 2. The van der Waals surface area contributed by atoms with Crippen molar-refractivity contribution >= 4 is 17.5 Å². The molecule has 1 aromatic carbocycles. The molecule has 6 heteroatoms. The van der Waals surface area contributed by atoms with E-state index < -0.39 is 0 Å². The number of hydrogen-bond acceptors (Lipinski definition) is 5. The number of aromatic nitrogens is 1. The maximum atomic E-state index is 11.1. The van der Waals surface area contributed by atoms with E-state index in [4.69, 9.17) is 5.84 Å². The average molecular weight is 283 g/mol. The Hall–Kier alpha value is -2.86. The van der Waals surface area contributed by atoms with E-state index in [0.717, 1.165) is 0 Å². The third-order valence-electron chi connectivity index (χ3n) is 2.92. The Morgan fingerprint density at radius 1 is 1.00 bits per heavy atom. The van der Waals surface area contributed by atoms with Crippen LogP contribution < -0.4 is 11.3 Å². The van der Waals surface area contributed by atoms with Gasteiger partial charge in [-0.15, -0.1) is 0 Å². The van der Waals surface area contributed by atoms with Gasteiger partial charge in [0.05, 0.1) is 6.42 Å². The summed E-state index contributed by atoms with van der Waals surface area (Å²) in [4.78, 5) is 36.6. The highest BCUT2D eigenvalue weighted by atomic mass is 16.2. The molecule has 1 amide bonds. The summed E-state index contributed by atoms with van der Waals surface area (Å²) in [6.45, 7) is 0. The molecule has 0 spiro atoms. The Bertz CT molecular complexity index is 651. The van der Waals surface area contributed by atoms with E-state index in [1.807, 2.05) is 5.43 Å². The van der Waals surface area contributed by atoms with Gasteiger partial charge in [0.1, 0.15) is 0 Å². The fraction of sp³-hybridized carbons (Fsp3) is 0.0667. The van der Waals surface area contributed by atoms with Crippen LogP contribution in [-0.4, -0.2) is 22.5 Å². The number of nitrogens with one attached hydrogen (secondary N) is 1. The minimum atomic E-state index is -0.303. The number of benzene rings is 1. The molecule has 0 saturated carbocycles. The van der Waals surface area contributed by atoms with Gasteiger partial charge < -0.3 is 0 Å². The van der Waals surface area contributed by atoms with Gasteiger partial charge in [-0.05, 0) is 12.1 Å². The second-order valence-corrected chi connectivity index (χ2v) is 4.28. The number of carbonyl (C=O) groups excluding carboxylic acids is 3. The molecule has 0 radical (unpaired) electrons. The van der Waals surface area contributed by atoms with Crippen molar-refractivity contribution < 1.29 is 14.4 Å². The van der Waals surface area contributed by atoms with Crippen LogP contribution in [0.15, 0.2) is 48.8 Å². The molecule has 0 aliphatic heterocycles. The van der Waals surface area contributed by atoms with Crippen LogP contribution in [0, 0.1) is 0 Å². The zero-order valence-electron chi connectivity index (χ0n) is 11.1. The Morgan fingerprint density at radius 3 is 2.00 bits per heavy atom. The first-order chi connectivity index (χ1) is 10.1. The van der Waals surface area contributed by atoms with Gasteiger partial charge in [0.25, 0.3) is 5.91 Å². The minimum Gasteiger partial charge on any atom is -0.294 e. The molecule has 0 fully saturated rings. The van der Waals surface area contributed by atoms with Crippen molar-refractivity contribution in [3.8, 4) is 0 Å². The van der Waals surface area contributed by atoms with Gasteiger partial charge in [-0.2, -0.15) is 0 Å². The first-order valence-corrected chi connectivity index (χ1v) is 6.20. The Balaban J connectivity index is 0.000000155. The van der Waals surface area contributed by atoms with E-state index in [2.05, 4.69) is 4.98 Å². The van der Waals surface area contributed by atoms with Crippen LogP contribution in [0.3, 0.4) is 0 Å². The number of nitrogens with two attached hydrogens (primary N) is 1. The van der Waals surface area contributed by atoms with E-state index in [9.17, 15) is 14.4 Å². The fourth-order valence-electron chi connectivity index (χ4n) is 1.89. The largest absolute Gasteiger partial charge is 0.294 e. The van der Waals surface area contributed by atoms with Gasteiger partial charge in [-0.3, -0.25) is 24.8 Å². The number of pyridine rings is 1. The van der Waals surface area contributed by atoms with Crippen molar-refractivity contribution in [3.05, 3.63) is 65.5 Å². The number of carbonyl (C=O) groups is 3. The Kier molecular flexibility index (Phi) is 4.53. The molecule has 6 nitrogen and oxygen atoms in total. The zero-order valence-corrected chi connectivity index (χ0v) is 11.1. The maximum Gasteiger partial charge on any atom is 0.265 e. The molecule has 3 rings (SSSR count). The lowest BCUT2D eigenvalue weighted by atomic mass is 10.1. The normalized spacial score (nSPS) is 12.2. The number of nitrogen functional groups attached to an aromatic ring is 1. The number of fused-ring (bicyclic) bond motifs is 1. The molecule has 0 saturated heterocycles. The molecule has 1 aliphatic rings. The summed E-state index contributed by atoms with van der Waals surface area (Å²) in [5.41, 5.74) is 3.69. The van der Waals surface area contributed by atoms with Crippen LogP contribution in [0.1, 0.15) is 37.5 Å². The highest BCUT2D eigenvalue weighted by Crippen LogP contribution is 2.20. The topological polar surface area (TPSA) is 102 Å². The quantitative estimate of drug-likeness (QED) is 0.353. The number of nitrogens with zero attached hydrogens (tertiary/aromatic N) is 1. The van der Waals surface area contributed by atoms with E-state index in [1.54, 1.807) is 36.4 Å². The van der Waals surface area contributed by atoms with Crippen LogP contribution in [0.2, 0.25) is 0 Å². The molecule has 1 aliphatic carbocycles. The molecule has 0 bridgehead atoms. The molecule has 3 N–H and O–H groups in total. The summed E-state index contributed by atoms with van der Waals surface area (Å²) in [6, 6.07) is 10.1. The lowest BCUT2D eigenvalue weighted by molar-refractivity contribution is 0.0919. The summed E-state index contributed by atoms with van der Waals surface area (Å²) in [7, 11) is 0. The van der Waals surface area contributed by atoms with Crippen molar-refractivity contribution in [1.82, 2.24) is 10.4 Å². The van der Waals surface area contributed by atoms with Gasteiger partial charge in [-0.1, -0.05) is 24.3 Å². The molecule has 1 heterocycles. The summed E-state index contributed by atoms with van der Waals surface area (Å²) in [5, 5.41) is 0. The molecular weight excluding hydrogens is 270 g/mol. The Labute approximate surface area is 121 Å². The predicted octanol–water partition coefficient (Wildman–Crippen LogP) is 1.14. The van der Waals surface area contributed by atoms with Crippen molar-refractivity contribution in [2.75, 3.05) is 0 Å². The second-order valence-electron chi connectivity index (χ2n) is 4.28. The number of hydrogen-bond donors (Lipinski definition) is 2. The number of amides is 1. The number of hydrazine groups is 1. The van der Waals surface area contributed by atoms with Gasteiger partial charge in [0.15, 0.2) is 11.6 Å². The molecule has 2 aromatic rings. The molecule has 0 atom stereocenters. The SMILES string of the molecule is NNC(=O)c1ccncc1.O=C1CC(=O)c2ccccc21. The number of ketones is 2. The predicted molar refractivity (Wildman–Crippen MR) is 75.6 cm³/mol. The summed E-state index contributed by atoms with van der Waals surface area (Å²) in [5.74, 6) is 4.48. The zero-order chi connectivity index (χ0) is 15.2. The lowest BCUT2D eigenvalue weighted by Crippen LogP contribution is -2.29. The van der Waals surface area contributed by atoms with Gasteiger partial charge in [-0.25, -0.2) is 5.84 Å². The van der Waals surface area contributed by atoms with Crippen molar-refractivity contribution in [2.45, 2.75) is 6.42 Å². The Morgan fingerprint density at radius 2 is 1.52 bits per heavy atom. The minimum absolute atomic E-state index is 0.0504. The molecule has 106 valence electrons.